The summed E-state index contributed by atoms with van der Waals surface area (Å²) in [5.41, 5.74) is 4.04. The number of pyridine rings is 1. The maximum Gasteiger partial charge on any atom is 0.244 e. The van der Waals surface area contributed by atoms with Crippen molar-refractivity contribution in [3.63, 3.8) is 0 Å². The van der Waals surface area contributed by atoms with Crippen LogP contribution in [0.1, 0.15) is 24.8 Å². The van der Waals surface area contributed by atoms with E-state index in [1.54, 1.807) is 6.20 Å². The highest BCUT2D eigenvalue weighted by Crippen LogP contribution is 2.38. The SMILES string of the molecule is O=C(NC1CCN(Cc2cccnc2)C1)C1C=C(C2CC2)ON1. The van der Waals surface area contributed by atoms with Crippen LogP contribution in [0.25, 0.3) is 0 Å². The van der Waals surface area contributed by atoms with Gasteiger partial charge in [-0.3, -0.25) is 14.7 Å². The molecule has 23 heavy (non-hydrogen) atoms. The number of allylic oxidation sites excluding steroid dienone is 1. The first-order chi connectivity index (χ1) is 11.3. The smallest absolute Gasteiger partial charge is 0.244 e. The van der Waals surface area contributed by atoms with Gasteiger partial charge in [-0.25, -0.2) is 0 Å². The summed E-state index contributed by atoms with van der Waals surface area (Å²) in [4.78, 5) is 24.2. The molecule has 3 aliphatic rings. The summed E-state index contributed by atoms with van der Waals surface area (Å²) in [7, 11) is 0. The van der Waals surface area contributed by atoms with Gasteiger partial charge in [0.05, 0.1) is 0 Å². The minimum atomic E-state index is -0.349. The van der Waals surface area contributed by atoms with E-state index < -0.39 is 0 Å². The minimum Gasteiger partial charge on any atom is -0.412 e. The Hall–Kier alpha value is -1.92. The van der Waals surface area contributed by atoms with Crippen LogP contribution in [0.3, 0.4) is 0 Å². The average Bonchev–Trinajstić information content (AvgIpc) is 3.13. The van der Waals surface area contributed by atoms with Crippen LogP contribution in [0, 0.1) is 5.92 Å². The van der Waals surface area contributed by atoms with Crippen LogP contribution in [0.2, 0.25) is 0 Å². The number of hydrogen-bond donors (Lipinski definition) is 2. The summed E-state index contributed by atoms with van der Waals surface area (Å²) in [6.45, 7) is 2.77. The number of aromatic nitrogens is 1. The molecule has 6 nitrogen and oxygen atoms in total. The van der Waals surface area contributed by atoms with E-state index in [9.17, 15) is 4.79 Å². The Labute approximate surface area is 135 Å². The van der Waals surface area contributed by atoms with E-state index in [0.29, 0.717) is 5.92 Å². The van der Waals surface area contributed by atoms with Gasteiger partial charge in [-0.05, 0) is 37.0 Å². The van der Waals surface area contributed by atoms with Gasteiger partial charge in [0.2, 0.25) is 5.91 Å². The number of carbonyl (C=O) groups excluding carboxylic acids is 1. The monoisotopic (exact) mass is 314 g/mol. The fraction of sp³-hybridized carbons (Fsp3) is 0.529. The van der Waals surface area contributed by atoms with Gasteiger partial charge < -0.3 is 10.2 Å². The Morgan fingerprint density at radius 2 is 2.35 bits per heavy atom. The van der Waals surface area contributed by atoms with Crippen LogP contribution in [-0.4, -0.2) is 41.0 Å². The lowest BCUT2D eigenvalue weighted by atomic mass is 10.2. The van der Waals surface area contributed by atoms with Gasteiger partial charge in [0.1, 0.15) is 11.8 Å². The van der Waals surface area contributed by atoms with Crippen molar-refractivity contribution in [2.75, 3.05) is 13.1 Å². The molecular formula is C17H22N4O2. The van der Waals surface area contributed by atoms with Crippen LogP contribution >= 0.6 is 0 Å². The molecule has 2 N–H and O–H groups in total. The molecule has 1 aliphatic carbocycles. The van der Waals surface area contributed by atoms with Crippen molar-refractivity contribution in [3.05, 3.63) is 41.9 Å². The molecule has 2 atom stereocenters. The van der Waals surface area contributed by atoms with Crippen molar-refractivity contribution in [2.24, 2.45) is 5.92 Å². The zero-order valence-electron chi connectivity index (χ0n) is 13.1. The number of nitrogens with one attached hydrogen (secondary N) is 2. The van der Waals surface area contributed by atoms with E-state index in [1.165, 1.54) is 18.4 Å². The molecule has 3 heterocycles. The van der Waals surface area contributed by atoms with Gasteiger partial charge in [-0.2, -0.15) is 0 Å². The largest absolute Gasteiger partial charge is 0.412 e. The minimum absolute atomic E-state index is 0.00822. The van der Waals surface area contributed by atoms with Gasteiger partial charge in [-0.15, -0.1) is 5.48 Å². The Bertz CT molecular complexity index is 600. The molecule has 1 aromatic rings. The predicted molar refractivity (Wildman–Crippen MR) is 84.9 cm³/mol. The van der Waals surface area contributed by atoms with E-state index in [4.69, 9.17) is 4.84 Å². The lowest BCUT2D eigenvalue weighted by Crippen LogP contribution is -2.45. The second kappa shape index (κ2) is 6.29. The molecule has 6 heteroatoms. The number of hydrogen-bond acceptors (Lipinski definition) is 5. The molecule has 0 radical (unpaired) electrons. The van der Waals surface area contributed by atoms with Crippen LogP contribution in [0.15, 0.2) is 36.4 Å². The Morgan fingerprint density at radius 1 is 1.43 bits per heavy atom. The van der Waals surface area contributed by atoms with Gasteiger partial charge in [0.25, 0.3) is 0 Å². The van der Waals surface area contributed by atoms with Crippen LogP contribution < -0.4 is 10.8 Å². The molecule has 1 saturated carbocycles. The summed E-state index contributed by atoms with van der Waals surface area (Å²) in [6.07, 6.45) is 8.95. The number of amides is 1. The summed E-state index contributed by atoms with van der Waals surface area (Å²) < 4.78 is 0. The Kier molecular flexibility index (Phi) is 4.01. The lowest BCUT2D eigenvalue weighted by Gasteiger charge is -2.17. The maximum absolute atomic E-state index is 12.3. The fourth-order valence-electron chi connectivity index (χ4n) is 3.22. The molecule has 1 aromatic heterocycles. The van der Waals surface area contributed by atoms with Crippen LogP contribution in [0.4, 0.5) is 0 Å². The molecule has 1 amide bonds. The average molecular weight is 314 g/mol. The lowest BCUT2D eigenvalue weighted by molar-refractivity contribution is -0.124. The van der Waals surface area contributed by atoms with Gasteiger partial charge in [0, 0.05) is 44.0 Å². The molecule has 0 bridgehead atoms. The maximum atomic E-state index is 12.3. The van der Waals surface area contributed by atoms with E-state index in [-0.39, 0.29) is 18.0 Å². The van der Waals surface area contributed by atoms with Crippen LogP contribution in [-0.2, 0) is 16.2 Å². The van der Waals surface area contributed by atoms with Gasteiger partial charge in [0.15, 0.2) is 0 Å². The summed E-state index contributed by atoms with van der Waals surface area (Å²) in [5.74, 6) is 1.48. The first-order valence-corrected chi connectivity index (χ1v) is 8.33. The number of likely N-dealkylation sites (tertiary alicyclic amines) is 1. The van der Waals surface area contributed by atoms with E-state index in [2.05, 4.69) is 26.7 Å². The summed E-state index contributed by atoms with van der Waals surface area (Å²) in [6, 6.07) is 3.90. The highest BCUT2D eigenvalue weighted by molar-refractivity contribution is 5.84. The topological polar surface area (TPSA) is 66.5 Å². The molecule has 0 aromatic carbocycles. The summed E-state index contributed by atoms with van der Waals surface area (Å²) >= 11 is 0. The number of carbonyl (C=O) groups is 1. The van der Waals surface area contributed by atoms with E-state index in [0.717, 1.165) is 31.8 Å². The molecule has 2 aliphatic heterocycles. The number of rotatable bonds is 5. The van der Waals surface area contributed by atoms with Crippen molar-refractivity contribution >= 4 is 5.91 Å². The third kappa shape index (κ3) is 3.54. The highest BCUT2D eigenvalue weighted by atomic mass is 16.7. The molecule has 122 valence electrons. The number of nitrogens with zero attached hydrogens (tertiary/aromatic N) is 2. The molecule has 2 unspecified atom stereocenters. The third-order valence-corrected chi connectivity index (χ3v) is 4.64. The van der Waals surface area contributed by atoms with E-state index >= 15 is 0 Å². The van der Waals surface area contributed by atoms with Crippen molar-refractivity contribution in [2.45, 2.75) is 37.9 Å². The van der Waals surface area contributed by atoms with E-state index in [1.807, 2.05) is 18.3 Å². The zero-order valence-corrected chi connectivity index (χ0v) is 13.1. The van der Waals surface area contributed by atoms with Gasteiger partial charge >= 0.3 is 0 Å². The predicted octanol–water partition coefficient (Wildman–Crippen LogP) is 0.969. The highest BCUT2D eigenvalue weighted by Gasteiger charge is 2.35. The fourth-order valence-corrected chi connectivity index (χ4v) is 3.22. The van der Waals surface area contributed by atoms with Crippen molar-refractivity contribution in [3.8, 4) is 0 Å². The molecule has 2 fully saturated rings. The third-order valence-electron chi connectivity index (χ3n) is 4.64. The second-order valence-corrected chi connectivity index (χ2v) is 6.63. The van der Waals surface area contributed by atoms with Crippen molar-refractivity contribution < 1.29 is 9.63 Å². The first-order valence-electron chi connectivity index (χ1n) is 8.33. The van der Waals surface area contributed by atoms with Crippen molar-refractivity contribution in [1.82, 2.24) is 20.7 Å². The quantitative estimate of drug-likeness (QED) is 0.848. The number of hydroxylamine groups is 1. The normalized spacial score (nSPS) is 27.6. The first kappa shape index (κ1) is 14.7. The van der Waals surface area contributed by atoms with Crippen LogP contribution in [0.5, 0.6) is 0 Å². The second-order valence-electron chi connectivity index (χ2n) is 6.63. The molecular weight excluding hydrogens is 292 g/mol. The molecule has 0 spiro atoms. The summed E-state index contributed by atoms with van der Waals surface area (Å²) in [5, 5.41) is 3.13. The Morgan fingerprint density at radius 3 is 3.13 bits per heavy atom. The standard InChI is InChI=1S/C17H22N4O2/c22-17(15-8-16(23-20-15)13-3-4-13)19-14-5-7-21(11-14)10-12-2-1-6-18-9-12/h1-2,6,8-9,13-15,20H,3-5,7,10-11H2,(H,19,22). The van der Waals surface area contributed by atoms with Gasteiger partial charge in [-0.1, -0.05) is 6.07 Å². The van der Waals surface area contributed by atoms with Crippen molar-refractivity contribution in [1.29, 1.82) is 0 Å². The Balaban J connectivity index is 1.26. The zero-order chi connectivity index (χ0) is 15.6. The molecule has 1 saturated heterocycles. The molecule has 4 rings (SSSR count).